The van der Waals surface area contributed by atoms with Crippen molar-refractivity contribution in [1.29, 1.82) is 5.26 Å². The quantitative estimate of drug-likeness (QED) is 0.694. The van der Waals surface area contributed by atoms with Crippen molar-refractivity contribution < 1.29 is 13.2 Å². The van der Waals surface area contributed by atoms with E-state index in [1.165, 1.54) is 5.56 Å². The fourth-order valence-corrected chi connectivity index (χ4v) is 6.23. The third kappa shape index (κ3) is 5.03. The van der Waals surface area contributed by atoms with Gasteiger partial charge < -0.3 is 4.74 Å². The molecule has 2 saturated heterocycles. The summed E-state index contributed by atoms with van der Waals surface area (Å²) in [6.07, 6.45) is -0.171. The number of rotatable bonds is 5. The minimum atomic E-state index is -3.46. The smallest absolute Gasteiger partial charge is 0.282 e. The number of morpholine rings is 1. The zero-order chi connectivity index (χ0) is 22.7. The number of nitriles is 1. The van der Waals surface area contributed by atoms with Crippen LogP contribution in [0, 0.1) is 11.3 Å². The number of hydrogen-bond donors (Lipinski definition) is 0. The highest BCUT2D eigenvalue weighted by Crippen LogP contribution is 2.24. The first-order valence-electron chi connectivity index (χ1n) is 11.1. The monoisotopic (exact) mass is 454 g/mol. The van der Waals surface area contributed by atoms with Crippen molar-refractivity contribution in [1.82, 2.24) is 13.5 Å². The molecule has 2 aliphatic heterocycles. The molecule has 0 bridgehead atoms. The second-order valence-electron chi connectivity index (χ2n) is 8.61. The van der Waals surface area contributed by atoms with E-state index in [9.17, 15) is 13.7 Å². The van der Waals surface area contributed by atoms with E-state index in [1.54, 1.807) is 8.61 Å². The molecule has 2 aromatic rings. The minimum absolute atomic E-state index is 0.0853. The molecule has 0 amide bonds. The highest BCUT2D eigenvalue weighted by atomic mass is 32.2. The van der Waals surface area contributed by atoms with Gasteiger partial charge in [-0.3, -0.25) is 4.90 Å². The Balaban J connectivity index is 1.35. The fraction of sp³-hybridized carbons (Fsp3) is 0.458. The first kappa shape index (κ1) is 22.9. The number of hydrogen-bond acceptors (Lipinski definition) is 5. The molecule has 0 saturated carbocycles. The summed E-state index contributed by atoms with van der Waals surface area (Å²) in [7, 11) is -3.46. The van der Waals surface area contributed by atoms with E-state index in [1.807, 2.05) is 50.2 Å². The molecule has 32 heavy (non-hydrogen) atoms. The second-order valence-corrected chi connectivity index (χ2v) is 10.5. The van der Waals surface area contributed by atoms with Gasteiger partial charge in [-0.15, -0.1) is 0 Å². The lowest BCUT2D eigenvalue weighted by molar-refractivity contribution is -0.0457. The van der Waals surface area contributed by atoms with Crippen LogP contribution in [-0.4, -0.2) is 73.4 Å². The van der Waals surface area contributed by atoms with E-state index >= 15 is 0 Å². The van der Waals surface area contributed by atoms with Crippen molar-refractivity contribution in [3.05, 3.63) is 59.7 Å². The van der Waals surface area contributed by atoms with Crippen LogP contribution in [0.4, 0.5) is 0 Å². The largest absolute Gasteiger partial charge is 0.373 e. The van der Waals surface area contributed by atoms with Crippen LogP contribution >= 0.6 is 0 Å². The van der Waals surface area contributed by atoms with Gasteiger partial charge in [-0.25, -0.2) is 0 Å². The van der Waals surface area contributed by atoms with E-state index in [0.717, 1.165) is 17.7 Å². The van der Waals surface area contributed by atoms with Gasteiger partial charge in [-0.1, -0.05) is 42.5 Å². The molecule has 8 heteroatoms. The summed E-state index contributed by atoms with van der Waals surface area (Å²) in [5.41, 5.74) is 3.81. The van der Waals surface area contributed by atoms with Crippen molar-refractivity contribution in [2.75, 3.05) is 39.3 Å². The number of benzene rings is 2. The van der Waals surface area contributed by atoms with Gasteiger partial charge in [0.2, 0.25) is 0 Å². The summed E-state index contributed by atoms with van der Waals surface area (Å²) in [6.45, 7) is 7.83. The van der Waals surface area contributed by atoms with Gasteiger partial charge in [-0.2, -0.15) is 22.3 Å². The zero-order valence-electron chi connectivity index (χ0n) is 18.6. The van der Waals surface area contributed by atoms with Gasteiger partial charge >= 0.3 is 0 Å². The predicted molar refractivity (Wildman–Crippen MR) is 124 cm³/mol. The van der Waals surface area contributed by atoms with E-state index in [2.05, 4.69) is 23.1 Å². The Labute approximate surface area is 191 Å². The molecular formula is C24H30N4O3S. The zero-order valence-corrected chi connectivity index (χ0v) is 19.5. The fourth-order valence-electron chi connectivity index (χ4n) is 4.48. The van der Waals surface area contributed by atoms with Gasteiger partial charge in [0.05, 0.1) is 23.8 Å². The van der Waals surface area contributed by atoms with Crippen molar-refractivity contribution >= 4 is 10.2 Å². The van der Waals surface area contributed by atoms with E-state index in [-0.39, 0.29) is 12.2 Å². The van der Waals surface area contributed by atoms with Gasteiger partial charge in [0.15, 0.2) is 0 Å². The van der Waals surface area contributed by atoms with Gasteiger partial charge in [0.1, 0.15) is 0 Å². The molecule has 2 heterocycles. The molecule has 0 aliphatic carbocycles. The molecule has 2 aromatic carbocycles. The molecule has 7 nitrogen and oxygen atoms in total. The first-order valence-corrected chi connectivity index (χ1v) is 12.5. The number of ether oxygens (including phenoxy) is 1. The van der Waals surface area contributed by atoms with Crippen LogP contribution < -0.4 is 0 Å². The average Bonchev–Trinajstić information content (AvgIpc) is 2.79. The van der Waals surface area contributed by atoms with Gasteiger partial charge in [0.25, 0.3) is 10.2 Å². The summed E-state index contributed by atoms with van der Waals surface area (Å²) in [4.78, 5) is 2.29. The Morgan fingerprint density at radius 1 is 0.938 bits per heavy atom. The third-order valence-electron chi connectivity index (χ3n) is 6.09. The van der Waals surface area contributed by atoms with Gasteiger partial charge in [-0.05, 0) is 36.6 Å². The normalized spacial score (nSPS) is 23.7. The molecular weight excluding hydrogens is 424 g/mol. The van der Waals surface area contributed by atoms with Crippen LogP contribution in [0.15, 0.2) is 48.5 Å². The van der Waals surface area contributed by atoms with Crippen LogP contribution in [0.3, 0.4) is 0 Å². The average molecular weight is 455 g/mol. The SMILES string of the molecule is CC1CN(S(=O)(=O)N2CCN(Cc3ccc(-c4ccccc4C#N)cc3)CC2)CC(C)O1. The summed E-state index contributed by atoms with van der Waals surface area (Å²) in [5, 5.41) is 9.33. The lowest BCUT2D eigenvalue weighted by atomic mass is 9.99. The molecule has 0 N–H and O–H groups in total. The van der Waals surface area contributed by atoms with Gasteiger partial charge in [0, 0.05) is 45.8 Å². The van der Waals surface area contributed by atoms with Crippen molar-refractivity contribution in [3.8, 4) is 17.2 Å². The second kappa shape index (κ2) is 9.69. The predicted octanol–water partition coefficient (Wildman–Crippen LogP) is 2.70. The molecule has 2 atom stereocenters. The Morgan fingerprint density at radius 2 is 1.56 bits per heavy atom. The molecule has 2 unspecified atom stereocenters. The highest BCUT2D eigenvalue weighted by molar-refractivity contribution is 7.86. The summed E-state index contributed by atoms with van der Waals surface area (Å²) < 4.78 is 35.0. The lowest BCUT2D eigenvalue weighted by Crippen LogP contribution is -2.56. The van der Waals surface area contributed by atoms with Crippen molar-refractivity contribution in [3.63, 3.8) is 0 Å². The van der Waals surface area contributed by atoms with Crippen molar-refractivity contribution in [2.45, 2.75) is 32.6 Å². The number of piperazine rings is 1. The van der Waals surface area contributed by atoms with Crippen LogP contribution in [0.25, 0.3) is 11.1 Å². The highest BCUT2D eigenvalue weighted by Gasteiger charge is 2.36. The number of nitrogens with zero attached hydrogens (tertiary/aromatic N) is 4. The third-order valence-corrected chi connectivity index (χ3v) is 8.06. The van der Waals surface area contributed by atoms with E-state index < -0.39 is 10.2 Å². The molecule has 0 aromatic heterocycles. The summed E-state index contributed by atoms with van der Waals surface area (Å²) in [5.74, 6) is 0. The Hall–Kier alpha value is -2.28. The minimum Gasteiger partial charge on any atom is -0.373 e. The topological polar surface area (TPSA) is 76.9 Å². The van der Waals surface area contributed by atoms with E-state index in [0.29, 0.717) is 44.8 Å². The van der Waals surface area contributed by atoms with Crippen LogP contribution in [-0.2, 0) is 21.5 Å². The first-order chi connectivity index (χ1) is 15.4. The van der Waals surface area contributed by atoms with E-state index in [4.69, 9.17) is 4.74 Å². The molecule has 0 radical (unpaired) electrons. The summed E-state index contributed by atoms with van der Waals surface area (Å²) >= 11 is 0. The Bertz CT molecular complexity index is 1060. The maximum absolute atomic E-state index is 13.1. The van der Waals surface area contributed by atoms with Crippen LogP contribution in [0.5, 0.6) is 0 Å². The van der Waals surface area contributed by atoms with Crippen LogP contribution in [0.2, 0.25) is 0 Å². The summed E-state index contributed by atoms with van der Waals surface area (Å²) in [6, 6.07) is 18.1. The van der Waals surface area contributed by atoms with Crippen molar-refractivity contribution in [2.24, 2.45) is 0 Å². The molecule has 2 fully saturated rings. The van der Waals surface area contributed by atoms with Crippen LogP contribution in [0.1, 0.15) is 25.0 Å². The Kier molecular flexibility index (Phi) is 6.93. The standard InChI is InChI=1S/C24H30N4O3S/c1-19-16-28(17-20(2)31-19)32(29,30)27-13-11-26(12-14-27)18-21-7-9-22(10-8-21)24-6-4-3-5-23(24)15-25/h3-10,19-20H,11-14,16-18H2,1-2H3. The maximum Gasteiger partial charge on any atom is 0.282 e. The lowest BCUT2D eigenvalue weighted by Gasteiger charge is -2.40. The Morgan fingerprint density at radius 3 is 2.19 bits per heavy atom. The maximum atomic E-state index is 13.1. The molecule has 170 valence electrons. The molecule has 0 spiro atoms. The molecule has 2 aliphatic rings. The molecule has 4 rings (SSSR count).